The van der Waals surface area contributed by atoms with Gasteiger partial charge in [-0.2, -0.15) is 0 Å². The Morgan fingerprint density at radius 2 is 1.80 bits per heavy atom. The Labute approximate surface area is 117 Å². The fourth-order valence-electron chi connectivity index (χ4n) is 2.44. The monoisotopic (exact) mass is 264 g/mol. The van der Waals surface area contributed by atoms with Crippen LogP contribution in [0.15, 0.2) is 30.8 Å². The van der Waals surface area contributed by atoms with Gasteiger partial charge in [-0.1, -0.05) is 30.9 Å². The quantitative estimate of drug-likeness (QED) is 0.901. The maximum atomic E-state index is 9.38. The first kappa shape index (κ1) is 12.6. The summed E-state index contributed by atoms with van der Waals surface area (Å²) in [5.74, 6) is 1.01. The number of phenolic OH excluding ortho intramolecular Hbond substituents is 1. The van der Waals surface area contributed by atoms with Gasteiger partial charge in [-0.25, -0.2) is 9.97 Å². The van der Waals surface area contributed by atoms with Gasteiger partial charge in [0.2, 0.25) is 0 Å². The van der Waals surface area contributed by atoms with Crippen molar-refractivity contribution in [1.29, 1.82) is 0 Å². The van der Waals surface area contributed by atoms with Crippen LogP contribution in [0.2, 0.25) is 0 Å². The number of phenols is 1. The van der Waals surface area contributed by atoms with Gasteiger partial charge in [0.25, 0.3) is 0 Å². The predicted octanol–water partition coefficient (Wildman–Crippen LogP) is 1.91. The summed E-state index contributed by atoms with van der Waals surface area (Å²) >= 11 is 0. The Hall–Kier alpha value is -2.42. The number of hydrogen-bond donors (Lipinski definition) is 1. The van der Waals surface area contributed by atoms with Crippen LogP contribution in [-0.4, -0.2) is 15.1 Å². The van der Waals surface area contributed by atoms with Crippen molar-refractivity contribution < 1.29 is 5.11 Å². The Morgan fingerprint density at radius 3 is 2.55 bits per heavy atom. The van der Waals surface area contributed by atoms with E-state index in [0.29, 0.717) is 0 Å². The predicted molar refractivity (Wildman–Crippen MR) is 80.4 cm³/mol. The summed E-state index contributed by atoms with van der Waals surface area (Å²) in [4.78, 5) is 9.05. The molecule has 100 valence electrons. The molecule has 0 saturated heterocycles. The molecule has 1 aliphatic carbocycles. The van der Waals surface area contributed by atoms with Gasteiger partial charge in [-0.3, -0.25) is 0 Å². The molecule has 3 nitrogen and oxygen atoms in total. The van der Waals surface area contributed by atoms with Crippen LogP contribution < -0.4 is 10.6 Å². The molecule has 0 atom stereocenters. The zero-order valence-corrected chi connectivity index (χ0v) is 11.4. The largest absolute Gasteiger partial charge is 0.508 e. The van der Waals surface area contributed by atoms with Crippen molar-refractivity contribution in [1.82, 2.24) is 9.97 Å². The average molecular weight is 264 g/mol. The summed E-state index contributed by atoms with van der Waals surface area (Å²) in [6, 6.07) is 7.04. The smallest absolute Gasteiger partial charge is 0.126 e. The molecule has 1 N–H and O–H groups in total. The molecule has 1 aliphatic rings. The van der Waals surface area contributed by atoms with Crippen LogP contribution in [0.25, 0.3) is 17.7 Å². The van der Waals surface area contributed by atoms with Gasteiger partial charge >= 0.3 is 0 Å². The van der Waals surface area contributed by atoms with Gasteiger partial charge in [0.15, 0.2) is 0 Å². The number of aromatic nitrogens is 2. The van der Waals surface area contributed by atoms with Gasteiger partial charge < -0.3 is 5.11 Å². The fourth-order valence-corrected chi connectivity index (χ4v) is 2.44. The second-order valence-electron chi connectivity index (χ2n) is 4.93. The SMILES string of the molecule is C=C(c1ccc(O)cc1)c1nc(C)nc2c1=CCCC=2. The Balaban J connectivity index is 2.18. The third-order valence-corrected chi connectivity index (χ3v) is 3.44. The molecule has 2 aromatic rings. The average Bonchev–Trinajstić information content (AvgIpc) is 2.46. The normalized spacial score (nSPS) is 13.1. The highest BCUT2D eigenvalue weighted by Crippen LogP contribution is 2.20. The molecule has 0 fully saturated rings. The first-order valence-corrected chi connectivity index (χ1v) is 6.69. The third kappa shape index (κ3) is 2.23. The summed E-state index contributed by atoms with van der Waals surface area (Å²) in [7, 11) is 0. The molecule has 3 rings (SSSR count). The van der Waals surface area contributed by atoms with E-state index in [1.165, 1.54) is 0 Å². The summed E-state index contributed by atoms with van der Waals surface area (Å²) in [6.07, 6.45) is 6.36. The van der Waals surface area contributed by atoms with Crippen LogP contribution >= 0.6 is 0 Å². The molecule has 0 amide bonds. The molecule has 1 aromatic heterocycles. The number of fused-ring (bicyclic) bond motifs is 1. The van der Waals surface area contributed by atoms with Crippen LogP contribution in [0.4, 0.5) is 0 Å². The highest BCUT2D eigenvalue weighted by Gasteiger charge is 2.10. The zero-order valence-electron chi connectivity index (χ0n) is 11.4. The lowest BCUT2D eigenvalue weighted by Crippen LogP contribution is -2.35. The minimum Gasteiger partial charge on any atom is -0.508 e. The molecule has 20 heavy (non-hydrogen) atoms. The summed E-state index contributed by atoms with van der Waals surface area (Å²) < 4.78 is 0. The van der Waals surface area contributed by atoms with Gasteiger partial charge in [-0.05, 0) is 37.5 Å². The van der Waals surface area contributed by atoms with Crippen molar-refractivity contribution in [3.8, 4) is 5.75 Å². The van der Waals surface area contributed by atoms with Crippen molar-refractivity contribution in [2.75, 3.05) is 0 Å². The lowest BCUT2D eigenvalue weighted by Gasteiger charge is -2.10. The van der Waals surface area contributed by atoms with E-state index in [0.717, 1.165) is 46.1 Å². The Morgan fingerprint density at radius 1 is 1.10 bits per heavy atom. The van der Waals surface area contributed by atoms with Gasteiger partial charge in [0.1, 0.15) is 11.6 Å². The summed E-state index contributed by atoms with van der Waals surface area (Å²) in [5, 5.41) is 11.4. The van der Waals surface area contributed by atoms with Crippen molar-refractivity contribution in [2.45, 2.75) is 19.8 Å². The number of hydrogen-bond acceptors (Lipinski definition) is 3. The number of benzene rings is 1. The maximum Gasteiger partial charge on any atom is 0.126 e. The molecular weight excluding hydrogens is 248 g/mol. The van der Waals surface area contributed by atoms with Crippen molar-refractivity contribution in [3.05, 3.63) is 58.5 Å². The number of aryl methyl sites for hydroxylation is 1. The number of rotatable bonds is 2. The van der Waals surface area contributed by atoms with E-state index in [9.17, 15) is 5.11 Å². The van der Waals surface area contributed by atoms with Crippen LogP contribution in [0.5, 0.6) is 5.75 Å². The molecular formula is C17H16N2O. The maximum absolute atomic E-state index is 9.38. The summed E-state index contributed by atoms with van der Waals surface area (Å²) in [6.45, 7) is 6.07. The first-order chi connectivity index (χ1) is 9.65. The van der Waals surface area contributed by atoms with Gasteiger partial charge in [0, 0.05) is 10.8 Å². The van der Waals surface area contributed by atoms with Crippen LogP contribution in [-0.2, 0) is 0 Å². The number of aromatic hydroxyl groups is 1. The Bertz CT molecular complexity index is 789. The summed E-state index contributed by atoms with van der Waals surface area (Å²) in [5.41, 5.74) is 2.70. The molecule has 3 heteroatoms. The van der Waals surface area contributed by atoms with E-state index in [2.05, 4.69) is 28.7 Å². The van der Waals surface area contributed by atoms with Crippen molar-refractivity contribution in [3.63, 3.8) is 0 Å². The van der Waals surface area contributed by atoms with E-state index in [1.807, 2.05) is 19.1 Å². The lowest BCUT2D eigenvalue weighted by molar-refractivity contribution is 0.475. The van der Waals surface area contributed by atoms with Gasteiger partial charge in [0.05, 0.1) is 11.0 Å². The molecule has 0 saturated carbocycles. The van der Waals surface area contributed by atoms with Gasteiger partial charge in [-0.15, -0.1) is 0 Å². The molecule has 0 radical (unpaired) electrons. The highest BCUT2D eigenvalue weighted by atomic mass is 16.3. The molecule has 0 aliphatic heterocycles. The number of nitrogens with zero attached hydrogens (tertiary/aromatic N) is 2. The minimum atomic E-state index is 0.252. The molecule has 0 bridgehead atoms. The minimum absolute atomic E-state index is 0.252. The third-order valence-electron chi connectivity index (χ3n) is 3.44. The molecule has 1 aromatic carbocycles. The van der Waals surface area contributed by atoms with Crippen molar-refractivity contribution in [2.24, 2.45) is 0 Å². The molecule has 0 spiro atoms. The second-order valence-corrected chi connectivity index (χ2v) is 4.93. The Kier molecular flexibility index (Phi) is 3.11. The second kappa shape index (κ2) is 4.93. The van der Waals surface area contributed by atoms with Crippen LogP contribution in [0, 0.1) is 6.92 Å². The van der Waals surface area contributed by atoms with Crippen molar-refractivity contribution >= 4 is 17.7 Å². The standard InChI is InChI=1S/C17H16N2O/c1-11(13-7-9-14(20)10-8-13)17-15-5-3-4-6-16(15)18-12(2)19-17/h5-10,20H,1,3-4H2,2H3. The lowest BCUT2D eigenvalue weighted by atomic mass is 10.0. The van der Waals surface area contributed by atoms with Crippen LogP contribution in [0.3, 0.4) is 0 Å². The molecule has 0 unspecified atom stereocenters. The van der Waals surface area contributed by atoms with Crippen LogP contribution in [0.1, 0.15) is 29.9 Å². The molecule has 1 heterocycles. The topological polar surface area (TPSA) is 46.0 Å². The van der Waals surface area contributed by atoms with E-state index in [1.54, 1.807) is 12.1 Å². The highest BCUT2D eigenvalue weighted by molar-refractivity contribution is 5.77. The fraction of sp³-hybridized carbons (Fsp3) is 0.176. The van der Waals surface area contributed by atoms with E-state index in [4.69, 9.17) is 0 Å². The van der Waals surface area contributed by atoms with E-state index in [-0.39, 0.29) is 5.75 Å². The first-order valence-electron chi connectivity index (χ1n) is 6.69. The zero-order chi connectivity index (χ0) is 14.1. The van der Waals surface area contributed by atoms with E-state index >= 15 is 0 Å². The van der Waals surface area contributed by atoms with E-state index < -0.39 is 0 Å².